The summed E-state index contributed by atoms with van der Waals surface area (Å²) in [5.41, 5.74) is 4.52. The lowest BCUT2D eigenvalue weighted by Crippen LogP contribution is -2.46. The van der Waals surface area contributed by atoms with E-state index in [9.17, 15) is 9.59 Å². The summed E-state index contributed by atoms with van der Waals surface area (Å²) < 4.78 is 12.7. The molecule has 0 aliphatic carbocycles. The van der Waals surface area contributed by atoms with E-state index in [2.05, 4.69) is 29.2 Å². The van der Waals surface area contributed by atoms with Crippen LogP contribution in [0.25, 0.3) is 0 Å². The number of morpholine rings is 1. The van der Waals surface area contributed by atoms with Crippen molar-refractivity contribution in [3.8, 4) is 5.75 Å². The maximum atomic E-state index is 14.0. The van der Waals surface area contributed by atoms with Crippen molar-refractivity contribution in [2.24, 2.45) is 12.1 Å². The molecule has 0 N–H and O–H groups in total. The molecule has 2 aromatic carbocycles. The van der Waals surface area contributed by atoms with Crippen LogP contribution in [0.5, 0.6) is 5.75 Å². The van der Waals surface area contributed by atoms with E-state index in [1.54, 1.807) is 41.3 Å². The molecule has 210 valence electrons. The quantitative estimate of drug-likeness (QED) is 0.413. The van der Waals surface area contributed by atoms with Crippen molar-refractivity contribution in [3.05, 3.63) is 89.2 Å². The van der Waals surface area contributed by atoms with Gasteiger partial charge in [0, 0.05) is 51.4 Å². The smallest absolute Gasteiger partial charge is 0.262 e. The van der Waals surface area contributed by atoms with E-state index in [0.717, 1.165) is 35.6 Å². The summed E-state index contributed by atoms with van der Waals surface area (Å²) in [6.07, 6.45) is 2.58. The minimum atomic E-state index is -0.241. The molecule has 3 heterocycles. The summed E-state index contributed by atoms with van der Waals surface area (Å²) in [4.78, 5) is 31.5. The molecule has 40 heavy (non-hydrogen) atoms. The van der Waals surface area contributed by atoms with Gasteiger partial charge in [0.1, 0.15) is 12.3 Å². The molecule has 3 aromatic rings. The third-order valence-electron chi connectivity index (χ3n) is 7.61. The summed E-state index contributed by atoms with van der Waals surface area (Å²) in [6.45, 7) is 6.04. The first-order chi connectivity index (χ1) is 19.4. The number of benzene rings is 2. The van der Waals surface area contributed by atoms with Gasteiger partial charge in [-0.1, -0.05) is 29.8 Å². The zero-order valence-electron chi connectivity index (χ0n) is 23.5. The number of hydrazone groups is 1. The number of aromatic nitrogens is 1. The van der Waals surface area contributed by atoms with Crippen LogP contribution in [0, 0.1) is 6.92 Å². The number of rotatable bonds is 9. The fourth-order valence-corrected chi connectivity index (χ4v) is 5.20. The van der Waals surface area contributed by atoms with Crippen LogP contribution in [-0.4, -0.2) is 89.9 Å². The Morgan fingerprint density at radius 2 is 1.77 bits per heavy atom. The van der Waals surface area contributed by atoms with Crippen molar-refractivity contribution < 1.29 is 19.1 Å². The van der Waals surface area contributed by atoms with Gasteiger partial charge < -0.3 is 18.9 Å². The molecule has 2 aliphatic heterocycles. The van der Waals surface area contributed by atoms with Gasteiger partial charge in [0.05, 0.1) is 37.8 Å². The SMILES string of the molecule is COc1ccc(C(=O)N(CCN2CCOCC2)CC(=O)N2N=C(c3cccn3C)C[C@H]2c2ccc(C)cc2)cc1. The van der Waals surface area contributed by atoms with Gasteiger partial charge in [-0.05, 0) is 48.9 Å². The first-order valence-corrected chi connectivity index (χ1v) is 13.7. The molecule has 5 rings (SSSR count). The van der Waals surface area contributed by atoms with Crippen LogP contribution in [-0.2, 0) is 16.6 Å². The van der Waals surface area contributed by atoms with Gasteiger partial charge in [0.2, 0.25) is 0 Å². The van der Waals surface area contributed by atoms with E-state index in [4.69, 9.17) is 14.6 Å². The Kier molecular flexibility index (Phi) is 8.62. The Morgan fingerprint density at radius 3 is 2.42 bits per heavy atom. The fourth-order valence-electron chi connectivity index (χ4n) is 5.20. The molecule has 0 unspecified atom stereocenters. The second kappa shape index (κ2) is 12.5. The molecule has 0 radical (unpaired) electrons. The average molecular weight is 544 g/mol. The number of hydrogen-bond acceptors (Lipinski definition) is 6. The number of amides is 2. The minimum absolute atomic E-state index is 0.0680. The van der Waals surface area contributed by atoms with Gasteiger partial charge in [-0.15, -0.1) is 0 Å². The maximum Gasteiger partial charge on any atom is 0.262 e. The third kappa shape index (κ3) is 6.26. The Labute approximate surface area is 235 Å². The normalized spacial score (nSPS) is 17.5. The number of ether oxygens (including phenoxy) is 2. The number of methoxy groups -OCH3 is 1. The van der Waals surface area contributed by atoms with E-state index in [-0.39, 0.29) is 24.4 Å². The Hall–Kier alpha value is -3.95. The number of carbonyl (C=O) groups is 2. The highest BCUT2D eigenvalue weighted by Gasteiger charge is 2.35. The zero-order chi connectivity index (χ0) is 28.1. The molecule has 2 amide bonds. The van der Waals surface area contributed by atoms with Crippen molar-refractivity contribution in [3.63, 3.8) is 0 Å². The van der Waals surface area contributed by atoms with Crippen molar-refractivity contribution >= 4 is 17.5 Å². The molecular formula is C31H37N5O4. The summed E-state index contributed by atoms with van der Waals surface area (Å²) in [5, 5.41) is 6.41. The van der Waals surface area contributed by atoms with E-state index in [1.165, 1.54) is 0 Å². The highest BCUT2D eigenvalue weighted by Crippen LogP contribution is 2.33. The largest absolute Gasteiger partial charge is 0.497 e. The Morgan fingerprint density at radius 1 is 1.05 bits per heavy atom. The molecule has 9 nitrogen and oxygen atoms in total. The molecule has 0 spiro atoms. The number of hydrogen-bond donors (Lipinski definition) is 0. The van der Waals surface area contributed by atoms with Gasteiger partial charge in [0.25, 0.3) is 11.8 Å². The molecule has 0 saturated carbocycles. The van der Waals surface area contributed by atoms with E-state index < -0.39 is 0 Å². The third-order valence-corrected chi connectivity index (χ3v) is 7.61. The van der Waals surface area contributed by atoms with E-state index >= 15 is 0 Å². The van der Waals surface area contributed by atoms with E-state index in [1.807, 2.05) is 36.9 Å². The molecule has 2 aliphatic rings. The Balaban J connectivity index is 1.40. The lowest BCUT2D eigenvalue weighted by Gasteiger charge is -2.31. The van der Waals surface area contributed by atoms with Crippen molar-refractivity contribution in [2.75, 3.05) is 53.0 Å². The summed E-state index contributed by atoms with van der Waals surface area (Å²) in [6, 6.07) is 19.0. The van der Waals surface area contributed by atoms with Crippen LogP contribution in [0.1, 0.15) is 39.6 Å². The predicted molar refractivity (Wildman–Crippen MR) is 153 cm³/mol. The molecule has 1 atom stereocenters. The highest BCUT2D eigenvalue weighted by molar-refractivity contribution is 6.02. The number of aryl methyl sites for hydroxylation is 2. The lowest BCUT2D eigenvalue weighted by atomic mass is 9.99. The highest BCUT2D eigenvalue weighted by atomic mass is 16.5. The summed E-state index contributed by atoms with van der Waals surface area (Å²) in [7, 11) is 3.57. The van der Waals surface area contributed by atoms with Crippen molar-refractivity contribution in [1.29, 1.82) is 0 Å². The van der Waals surface area contributed by atoms with Gasteiger partial charge in [-0.2, -0.15) is 5.10 Å². The van der Waals surface area contributed by atoms with Crippen molar-refractivity contribution in [2.45, 2.75) is 19.4 Å². The van der Waals surface area contributed by atoms with E-state index in [0.29, 0.717) is 44.0 Å². The van der Waals surface area contributed by atoms with Crippen molar-refractivity contribution in [1.82, 2.24) is 19.4 Å². The fraction of sp³-hybridized carbons (Fsp3) is 0.387. The molecule has 1 fully saturated rings. The van der Waals surface area contributed by atoms with Crippen LogP contribution in [0.15, 0.2) is 72.0 Å². The van der Waals surface area contributed by atoms with Gasteiger partial charge in [-0.25, -0.2) is 5.01 Å². The van der Waals surface area contributed by atoms with Crippen LogP contribution in [0.4, 0.5) is 0 Å². The average Bonchev–Trinajstić information content (AvgIpc) is 3.62. The molecule has 1 aromatic heterocycles. The molecular weight excluding hydrogens is 506 g/mol. The maximum absolute atomic E-state index is 14.0. The molecule has 1 saturated heterocycles. The van der Waals surface area contributed by atoms with Crippen LogP contribution < -0.4 is 4.74 Å². The van der Waals surface area contributed by atoms with Crippen LogP contribution >= 0.6 is 0 Å². The lowest BCUT2D eigenvalue weighted by molar-refractivity contribution is -0.133. The standard InChI is InChI=1S/C31H37N5O4/c1-23-6-8-24(9-7-23)29-21-27(28-5-4-14-33(28)2)32-36(29)30(37)22-35(16-15-34-17-19-40-20-18-34)31(38)25-10-12-26(39-3)13-11-25/h4-14,29H,15-22H2,1-3H3/t29-/m0/s1. The van der Waals surface area contributed by atoms with Gasteiger partial charge >= 0.3 is 0 Å². The molecule has 9 heteroatoms. The second-order valence-electron chi connectivity index (χ2n) is 10.3. The van der Waals surface area contributed by atoms with Crippen LogP contribution in [0.2, 0.25) is 0 Å². The molecule has 0 bridgehead atoms. The second-order valence-corrected chi connectivity index (χ2v) is 10.3. The Bertz CT molecular complexity index is 1340. The first-order valence-electron chi connectivity index (χ1n) is 13.7. The van der Waals surface area contributed by atoms with Crippen LogP contribution in [0.3, 0.4) is 0 Å². The summed E-state index contributed by atoms with van der Waals surface area (Å²) >= 11 is 0. The topological polar surface area (TPSA) is 79.6 Å². The monoisotopic (exact) mass is 543 g/mol. The zero-order valence-corrected chi connectivity index (χ0v) is 23.5. The summed E-state index contributed by atoms with van der Waals surface area (Å²) in [5.74, 6) is 0.272. The number of carbonyl (C=O) groups excluding carboxylic acids is 2. The van der Waals surface area contributed by atoms with Gasteiger partial charge in [-0.3, -0.25) is 14.5 Å². The minimum Gasteiger partial charge on any atom is -0.497 e. The number of nitrogens with zero attached hydrogens (tertiary/aromatic N) is 5. The van der Waals surface area contributed by atoms with Gasteiger partial charge in [0.15, 0.2) is 0 Å². The first kappa shape index (κ1) is 27.6. The predicted octanol–water partition coefficient (Wildman–Crippen LogP) is 3.49.